The van der Waals surface area contributed by atoms with Gasteiger partial charge in [0.2, 0.25) is 0 Å². The van der Waals surface area contributed by atoms with Crippen molar-refractivity contribution < 1.29 is 19.4 Å². The highest BCUT2D eigenvalue weighted by Gasteiger charge is 2.56. The van der Waals surface area contributed by atoms with E-state index in [9.17, 15) is 14.7 Å². The Balaban J connectivity index is 2.27. The fourth-order valence-electron chi connectivity index (χ4n) is 3.80. The van der Waals surface area contributed by atoms with Crippen LogP contribution in [0.3, 0.4) is 0 Å². The molecule has 0 heterocycles. The predicted molar refractivity (Wildman–Crippen MR) is 99.2 cm³/mol. The molecule has 3 atom stereocenters. The summed E-state index contributed by atoms with van der Waals surface area (Å²) < 4.78 is 4.34. The first-order chi connectivity index (χ1) is 11.8. The number of benzene rings is 1. The van der Waals surface area contributed by atoms with E-state index in [-0.39, 0.29) is 17.3 Å². The average molecular weight is 403 g/mol. The lowest BCUT2D eigenvalue weighted by Gasteiger charge is -2.45. The molecule has 0 spiro atoms. The van der Waals surface area contributed by atoms with Gasteiger partial charge >= 0.3 is 0 Å². The number of phenols is 1. The van der Waals surface area contributed by atoms with Gasteiger partial charge in [-0.1, -0.05) is 40.7 Å². The standard InChI is InChI=1S/C20H19BrO4/c1-4-12-5-8-15-19(24)11(2)9-17(23)20(15,21)18(12)14-7-6-13(22)10-16(14)25-3/h4-7,9-10,15,18,22H,1,8H2,2-3H3. The van der Waals surface area contributed by atoms with Crippen molar-refractivity contribution in [1.82, 2.24) is 0 Å². The largest absolute Gasteiger partial charge is 0.508 e. The highest BCUT2D eigenvalue weighted by molar-refractivity contribution is 9.10. The van der Waals surface area contributed by atoms with Gasteiger partial charge in [-0.2, -0.15) is 0 Å². The van der Waals surface area contributed by atoms with Gasteiger partial charge in [0.15, 0.2) is 11.6 Å². The molecule has 25 heavy (non-hydrogen) atoms. The Kier molecular flexibility index (Phi) is 4.45. The molecule has 1 N–H and O–H groups in total. The number of fused-ring (bicyclic) bond motifs is 1. The first-order valence-electron chi connectivity index (χ1n) is 7.99. The van der Waals surface area contributed by atoms with Crippen LogP contribution < -0.4 is 4.74 Å². The van der Waals surface area contributed by atoms with Crippen LogP contribution in [0.2, 0.25) is 0 Å². The number of alkyl halides is 1. The fraction of sp³-hybridized carbons (Fsp3) is 0.300. The number of aromatic hydroxyl groups is 1. The van der Waals surface area contributed by atoms with Crippen LogP contribution in [-0.4, -0.2) is 28.1 Å². The number of rotatable bonds is 3. The molecule has 0 aliphatic heterocycles. The normalized spacial score (nSPS) is 28.8. The van der Waals surface area contributed by atoms with Gasteiger partial charge in [-0.3, -0.25) is 9.59 Å². The molecule has 0 saturated carbocycles. The number of ketones is 2. The van der Waals surface area contributed by atoms with Crippen LogP contribution in [0.15, 0.2) is 54.2 Å². The summed E-state index contributed by atoms with van der Waals surface area (Å²) in [6.45, 7) is 5.55. The number of ether oxygens (including phenoxy) is 1. The van der Waals surface area contributed by atoms with E-state index in [0.29, 0.717) is 17.7 Å². The summed E-state index contributed by atoms with van der Waals surface area (Å²) in [5, 5.41) is 9.76. The van der Waals surface area contributed by atoms with Crippen molar-refractivity contribution in [2.75, 3.05) is 7.11 Å². The molecule has 1 aromatic carbocycles. The molecule has 5 heteroatoms. The van der Waals surface area contributed by atoms with Crippen molar-refractivity contribution in [2.45, 2.75) is 23.6 Å². The smallest absolute Gasteiger partial charge is 0.174 e. The molecule has 4 nitrogen and oxygen atoms in total. The van der Waals surface area contributed by atoms with Gasteiger partial charge in [0.1, 0.15) is 15.8 Å². The molecule has 0 amide bonds. The second kappa shape index (κ2) is 6.30. The molecule has 0 saturated heterocycles. The van der Waals surface area contributed by atoms with Gasteiger partial charge in [-0.25, -0.2) is 0 Å². The number of allylic oxidation sites excluding steroid dienone is 5. The number of hydrogen-bond donors (Lipinski definition) is 1. The minimum Gasteiger partial charge on any atom is -0.508 e. The summed E-state index contributed by atoms with van der Waals surface area (Å²) >= 11 is 3.65. The summed E-state index contributed by atoms with van der Waals surface area (Å²) in [6.07, 6.45) is 5.55. The minimum atomic E-state index is -1.09. The molecule has 0 aromatic heterocycles. The Morgan fingerprint density at radius 1 is 1.40 bits per heavy atom. The molecule has 0 bridgehead atoms. The van der Waals surface area contributed by atoms with Crippen molar-refractivity contribution in [2.24, 2.45) is 5.92 Å². The SMILES string of the molecule is C=CC1=CCC2C(=O)C(C)=CC(=O)C2(Br)C1c1ccc(O)cc1OC. The van der Waals surface area contributed by atoms with E-state index in [1.54, 1.807) is 25.1 Å². The molecule has 3 unspecified atom stereocenters. The van der Waals surface area contributed by atoms with Crippen LogP contribution in [0.4, 0.5) is 0 Å². The van der Waals surface area contributed by atoms with Crippen LogP contribution in [0.1, 0.15) is 24.8 Å². The van der Waals surface area contributed by atoms with Crippen LogP contribution in [0.25, 0.3) is 0 Å². The second-order valence-corrected chi connectivity index (χ2v) is 7.69. The Bertz CT molecular complexity index is 836. The monoisotopic (exact) mass is 402 g/mol. The minimum absolute atomic E-state index is 0.0291. The van der Waals surface area contributed by atoms with Gasteiger partial charge in [0.05, 0.1) is 7.11 Å². The number of Topliss-reactive ketones (excluding diaryl/α,β-unsaturated/α-hetero) is 1. The highest BCUT2D eigenvalue weighted by Crippen LogP contribution is 2.55. The number of carbonyl (C=O) groups is 2. The molecule has 130 valence electrons. The topological polar surface area (TPSA) is 63.6 Å². The zero-order valence-electron chi connectivity index (χ0n) is 14.1. The van der Waals surface area contributed by atoms with Crippen LogP contribution in [0, 0.1) is 5.92 Å². The van der Waals surface area contributed by atoms with Crippen molar-refractivity contribution in [1.29, 1.82) is 0 Å². The summed E-state index contributed by atoms with van der Waals surface area (Å²) in [7, 11) is 1.51. The Labute approximate surface area is 155 Å². The van der Waals surface area contributed by atoms with Gasteiger partial charge < -0.3 is 9.84 Å². The maximum atomic E-state index is 13.0. The molecular formula is C20H19BrO4. The molecule has 0 fully saturated rings. The number of hydrogen-bond acceptors (Lipinski definition) is 4. The van der Waals surface area contributed by atoms with Gasteiger partial charge in [-0.15, -0.1) is 0 Å². The van der Waals surface area contributed by atoms with E-state index < -0.39 is 16.2 Å². The third kappa shape index (κ3) is 2.58. The van der Waals surface area contributed by atoms with Gasteiger partial charge in [-0.05, 0) is 36.6 Å². The lowest BCUT2D eigenvalue weighted by Crippen LogP contribution is -2.52. The van der Waals surface area contributed by atoms with Crippen molar-refractivity contribution >= 4 is 27.5 Å². The molecule has 0 radical (unpaired) electrons. The zero-order chi connectivity index (χ0) is 18.4. The maximum Gasteiger partial charge on any atom is 0.174 e. The highest BCUT2D eigenvalue weighted by atomic mass is 79.9. The molecule has 3 rings (SSSR count). The lowest BCUT2D eigenvalue weighted by molar-refractivity contribution is -0.128. The lowest BCUT2D eigenvalue weighted by atomic mass is 9.62. The van der Waals surface area contributed by atoms with Crippen LogP contribution >= 0.6 is 15.9 Å². The van der Waals surface area contributed by atoms with Crippen molar-refractivity contribution in [3.8, 4) is 11.5 Å². The maximum absolute atomic E-state index is 13.0. The third-order valence-corrected chi connectivity index (χ3v) is 6.45. The molecular weight excluding hydrogens is 384 g/mol. The average Bonchev–Trinajstić information content (AvgIpc) is 2.59. The van der Waals surface area contributed by atoms with E-state index >= 15 is 0 Å². The van der Waals surface area contributed by atoms with E-state index in [1.807, 2.05) is 6.08 Å². The number of phenolic OH excluding ortho intramolecular Hbond substituents is 1. The summed E-state index contributed by atoms with van der Waals surface area (Å²) in [4.78, 5) is 25.7. The molecule has 1 aromatic rings. The Hall–Kier alpha value is -2.14. The summed E-state index contributed by atoms with van der Waals surface area (Å²) in [5.74, 6) is -0.565. The number of methoxy groups -OCH3 is 1. The first kappa shape index (κ1) is 17.7. The molecule has 2 aliphatic rings. The van der Waals surface area contributed by atoms with Crippen LogP contribution in [-0.2, 0) is 9.59 Å². The fourth-order valence-corrected chi connectivity index (χ4v) is 4.82. The summed E-state index contributed by atoms with van der Waals surface area (Å²) in [6, 6.07) is 4.78. The quantitative estimate of drug-likeness (QED) is 0.779. The number of halogens is 1. The van der Waals surface area contributed by atoms with E-state index in [4.69, 9.17) is 4.74 Å². The van der Waals surface area contributed by atoms with E-state index in [2.05, 4.69) is 22.5 Å². The number of carbonyl (C=O) groups excluding carboxylic acids is 2. The van der Waals surface area contributed by atoms with Gasteiger partial charge in [0.25, 0.3) is 0 Å². The Morgan fingerprint density at radius 2 is 2.12 bits per heavy atom. The molecule has 2 aliphatic carbocycles. The second-order valence-electron chi connectivity index (χ2n) is 6.38. The van der Waals surface area contributed by atoms with Crippen molar-refractivity contribution in [3.63, 3.8) is 0 Å². The van der Waals surface area contributed by atoms with Crippen molar-refractivity contribution in [3.05, 3.63) is 59.7 Å². The zero-order valence-corrected chi connectivity index (χ0v) is 15.7. The van der Waals surface area contributed by atoms with Gasteiger partial charge in [0, 0.05) is 23.5 Å². The Morgan fingerprint density at radius 3 is 2.76 bits per heavy atom. The summed E-state index contributed by atoms with van der Waals surface area (Å²) in [5.41, 5.74) is 2.06. The predicted octanol–water partition coefficient (Wildman–Crippen LogP) is 3.85. The van der Waals surface area contributed by atoms with E-state index in [0.717, 1.165) is 11.1 Å². The van der Waals surface area contributed by atoms with Crippen LogP contribution in [0.5, 0.6) is 11.5 Å². The van der Waals surface area contributed by atoms with E-state index in [1.165, 1.54) is 19.3 Å². The third-order valence-electron chi connectivity index (χ3n) is 5.04. The first-order valence-corrected chi connectivity index (χ1v) is 8.79.